The fraction of sp³-hybridized carbons (Fsp3) is 0.294. The predicted molar refractivity (Wildman–Crippen MR) is 85.3 cm³/mol. The molecule has 1 N–H and O–H groups in total. The number of benzene rings is 2. The second kappa shape index (κ2) is 7.55. The Morgan fingerprint density at radius 1 is 1.10 bits per heavy atom. The van der Waals surface area contributed by atoms with Crippen molar-refractivity contribution >= 4 is 15.9 Å². The van der Waals surface area contributed by atoms with E-state index in [1.807, 2.05) is 24.3 Å². The van der Waals surface area contributed by atoms with Crippen LogP contribution in [0.25, 0.3) is 0 Å². The van der Waals surface area contributed by atoms with Crippen LogP contribution in [0.1, 0.15) is 30.5 Å². The fourth-order valence-electron chi connectivity index (χ4n) is 2.17. The van der Waals surface area contributed by atoms with Gasteiger partial charge in [-0.15, -0.1) is 0 Å². The molecule has 0 unspecified atom stereocenters. The minimum Gasteiger partial charge on any atom is -0.310 e. The third-order valence-corrected chi connectivity index (χ3v) is 3.93. The van der Waals surface area contributed by atoms with Gasteiger partial charge in [0.05, 0.1) is 0 Å². The van der Waals surface area contributed by atoms with Crippen molar-refractivity contribution in [1.82, 2.24) is 5.32 Å². The normalized spacial score (nSPS) is 12.3. The summed E-state index contributed by atoms with van der Waals surface area (Å²) in [6.45, 7) is 3.03. The van der Waals surface area contributed by atoms with Crippen molar-refractivity contribution in [3.05, 3.63) is 69.9 Å². The highest BCUT2D eigenvalue weighted by atomic mass is 79.9. The summed E-state index contributed by atoms with van der Waals surface area (Å²) in [6.07, 6.45) is 1.70. The first-order chi connectivity index (χ1) is 9.66. The molecule has 1 nitrogen and oxygen atoms in total. The van der Waals surface area contributed by atoms with Crippen LogP contribution in [-0.4, -0.2) is 6.54 Å². The van der Waals surface area contributed by atoms with Gasteiger partial charge in [-0.25, -0.2) is 4.39 Å². The molecule has 3 heteroatoms. The average Bonchev–Trinajstić information content (AvgIpc) is 2.46. The molecule has 0 saturated carbocycles. The van der Waals surface area contributed by atoms with E-state index in [-0.39, 0.29) is 5.82 Å². The molecule has 0 amide bonds. The molecule has 106 valence electrons. The smallest absolute Gasteiger partial charge is 0.126 e. The zero-order chi connectivity index (χ0) is 14.4. The number of halogens is 2. The van der Waals surface area contributed by atoms with Gasteiger partial charge in [0.1, 0.15) is 5.82 Å². The van der Waals surface area contributed by atoms with Crippen molar-refractivity contribution in [3.63, 3.8) is 0 Å². The van der Waals surface area contributed by atoms with Crippen LogP contribution >= 0.6 is 15.9 Å². The zero-order valence-electron chi connectivity index (χ0n) is 11.6. The molecule has 0 aliphatic carbocycles. The summed E-state index contributed by atoms with van der Waals surface area (Å²) in [5.41, 5.74) is 2.06. The SMILES string of the molecule is C[C@H](NCCCc1ccccc1F)c1ccc(Br)cc1. The van der Waals surface area contributed by atoms with Gasteiger partial charge in [-0.1, -0.05) is 46.3 Å². The third kappa shape index (κ3) is 4.43. The maximum Gasteiger partial charge on any atom is 0.126 e. The minimum absolute atomic E-state index is 0.103. The molecule has 0 fully saturated rings. The van der Waals surface area contributed by atoms with Gasteiger partial charge in [-0.05, 0) is 55.6 Å². The summed E-state index contributed by atoms with van der Waals surface area (Å²) in [5.74, 6) is -0.103. The van der Waals surface area contributed by atoms with Crippen molar-refractivity contribution in [2.24, 2.45) is 0 Å². The minimum atomic E-state index is -0.103. The van der Waals surface area contributed by atoms with E-state index in [0.717, 1.165) is 29.4 Å². The van der Waals surface area contributed by atoms with Gasteiger partial charge in [0, 0.05) is 10.5 Å². The Kier molecular flexibility index (Phi) is 5.74. The molecular formula is C17H19BrFN. The first-order valence-electron chi connectivity index (χ1n) is 6.89. The van der Waals surface area contributed by atoms with E-state index in [0.29, 0.717) is 6.04 Å². The number of rotatable bonds is 6. The van der Waals surface area contributed by atoms with Gasteiger partial charge in [-0.2, -0.15) is 0 Å². The lowest BCUT2D eigenvalue weighted by Gasteiger charge is -2.14. The molecule has 20 heavy (non-hydrogen) atoms. The number of nitrogens with one attached hydrogen (secondary N) is 1. The van der Waals surface area contributed by atoms with Crippen molar-refractivity contribution in [3.8, 4) is 0 Å². The second-order valence-electron chi connectivity index (χ2n) is 4.92. The molecule has 1 atom stereocenters. The molecule has 0 aliphatic heterocycles. The molecule has 0 aromatic heterocycles. The highest BCUT2D eigenvalue weighted by Gasteiger charge is 2.05. The van der Waals surface area contributed by atoms with Crippen LogP contribution in [-0.2, 0) is 6.42 Å². The maximum absolute atomic E-state index is 13.5. The van der Waals surface area contributed by atoms with Gasteiger partial charge < -0.3 is 5.32 Å². The van der Waals surface area contributed by atoms with Crippen LogP contribution in [0.2, 0.25) is 0 Å². The maximum atomic E-state index is 13.5. The predicted octanol–water partition coefficient (Wildman–Crippen LogP) is 4.87. The van der Waals surface area contributed by atoms with E-state index in [1.54, 1.807) is 6.07 Å². The van der Waals surface area contributed by atoms with Crippen LogP contribution in [0.15, 0.2) is 53.0 Å². The Balaban J connectivity index is 1.76. The molecule has 2 aromatic rings. The Morgan fingerprint density at radius 2 is 1.80 bits per heavy atom. The van der Waals surface area contributed by atoms with Gasteiger partial charge in [-0.3, -0.25) is 0 Å². The number of aryl methyl sites for hydroxylation is 1. The van der Waals surface area contributed by atoms with Crippen LogP contribution < -0.4 is 5.32 Å². The third-order valence-electron chi connectivity index (χ3n) is 3.40. The summed E-state index contributed by atoms with van der Waals surface area (Å²) in [6, 6.07) is 15.6. The quantitative estimate of drug-likeness (QED) is 0.742. The lowest BCUT2D eigenvalue weighted by atomic mass is 10.1. The second-order valence-corrected chi connectivity index (χ2v) is 5.84. The number of hydrogen-bond donors (Lipinski definition) is 1. The molecular weight excluding hydrogens is 317 g/mol. The van der Waals surface area contributed by atoms with E-state index >= 15 is 0 Å². The molecule has 0 aliphatic rings. The monoisotopic (exact) mass is 335 g/mol. The standard InChI is InChI=1S/C17H19BrFN/c1-13(14-8-10-16(18)11-9-14)20-12-4-6-15-5-2-3-7-17(15)19/h2-3,5,7-11,13,20H,4,6,12H2,1H3/t13-/m0/s1. The first kappa shape index (κ1) is 15.2. The van der Waals surface area contributed by atoms with E-state index in [2.05, 4.69) is 40.3 Å². The largest absolute Gasteiger partial charge is 0.310 e. The Labute approximate surface area is 128 Å². The molecule has 0 heterocycles. The van der Waals surface area contributed by atoms with Gasteiger partial charge in [0.2, 0.25) is 0 Å². The Morgan fingerprint density at radius 3 is 2.50 bits per heavy atom. The van der Waals surface area contributed by atoms with Crippen molar-refractivity contribution in [2.45, 2.75) is 25.8 Å². The Hall–Kier alpha value is -1.19. The van der Waals surface area contributed by atoms with Crippen molar-refractivity contribution in [2.75, 3.05) is 6.54 Å². The topological polar surface area (TPSA) is 12.0 Å². The molecule has 0 radical (unpaired) electrons. The summed E-state index contributed by atoms with van der Waals surface area (Å²) in [7, 11) is 0. The van der Waals surface area contributed by atoms with Gasteiger partial charge >= 0.3 is 0 Å². The summed E-state index contributed by atoms with van der Waals surface area (Å²) in [5, 5.41) is 3.47. The lowest BCUT2D eigenvalue weighted by molar-refractivity contribution is 0.549. The van der Waals surface area contributed by atoms with Crippen molar-refractivity contribution < 1.29 is 4.39 Å². The molecule has 2 aromatic carbocycles. The highest BCUT2D eigenvalue weighted by molar-refractivity contribution is 9.10. The molecule has 0 spiro atoms. The van der Waals surface area contributed by atoms with Crippen LogP contribution in [0, 0.1) is 5.82 Å². The first-order valence-corrected chi connectivity index (χ1v) is 7.68. The molecule has 0 bridgehead atoms. The van der Waals surface area contributed by atoms with Crippen LogP contribution in [0.4, 0.5) is 4.39 Å². The van der Waals surface area contributed by atoms with Gasteiger partial charge in [0.25, 0.3) is 0 Å². The summed E-state index contributed by atoms with van der Waals surface area (Å²) >= 11 is 3.44. The Bertz CT molecular complexity index is 539. The lowest BCUT2D eigenvalue weighted by Crippen LogP contribution is -2.20. The van der Waals surface area contributed by atoms with E-state index < -0.39 is 0 Å². The number of hydrogen-bond acceptors (Lipinski definition) is 1. The van der Waals surface area contributed by atoms with Gasteiger partial charge in [0.15, 0.2) is 0 Å². The fourth-order valence-corrected chi connectivity index (χ4v) is 2.43. The highest BCUT2D eigenvalue weighted by Crippen LogP contribution is 2.16. The summed E-state index contributed by atoms with van der Waals surface area (Å²) < 4.78 is 14.5. The van der Waals surface area contributed by atoms with Crippen molar-refractivity contribution in [1.29, 1.82) is 0 Å². The van der Waals surface area contributed by atoms with Crippen LogP contribution in [0.3, 0.4) is 0 Å². The van der Waals surface area contributed by atoms with E-state index in [1.165, 1.54) is 11.6 Å². The average molecular weight is 336 g/mol. The molecule has 2 rings (SSSR count). The van der Waals surface area contributed by atoms with E-state index in [9.17, 15) is 4.39 Å². The van der Waals surface area contributed by atoms with E-state index in [4.69, 9.17) is 0 Å². The summed E-state index contributed by atoms with van der Waals surface area (Å²) in [4.78, 5) is 0. The van der Waals surface area contributed by atoms with Crippen LogP contribution in [0.5, 0.6) is 0 Å². The molecule has 0 saturated heterocycles. The zero-order valence-corrected chi connectivity index (χ0v) is 13.2.